The van der Waals surface area contributed by atoms with Gasteiger partial charge in [0.25, 0.3) is 0 Å². The quantitative estimate of drug-likeness (QED) is 0.531. The van der Waals surface area contributed by atoms with Crippen LogP contribution in [0.3, 0.4) is 0 Å². The highest BCUT2D eigenvalue weighted by Crippen LogP contribution is 2.25. The number of nitrogen functional groups attached to an aromatic ring is 1. The lowest BCUT2D eigenvalue weighted by molar-refractivity contribution is 0.475. The van der Waals surface area contributed by atoms with E-state index in [1.807, 2.05) is 18.2 Å². The van der Waals surface area contributed by atoms with Crippen LogP contribution in [0.4, 0.5) is 5.69 Å². The fourth-order valence-corrected chi connectivity index (χ4v) is 1.59. The van der Waals surface area contributed by atoms with Crippen molar-refractivity contribution in [2.75, 3.05) is 5.73 Å². The first-order valence-corrected chi connectivity index (χ1v) is 5.01. The Labute approximate surface area is 93.8 Å². The Hall–Kier alpha value is -2.16. The molecule has 0 saturated carbocycles. The van der Waals surface area contributed by atoms with Gasteiger partial charge in [-0.05, 0) is 35.7 Å². The van der Waals surface area contributed by atoms with Gasteiger partial charge in [0, 0.05) is 0 Å². The summed E-state index contributed by atoms with van der Waals surface area (Å²) in [4.78, 5) is 0. The number of phenols is 2. The molecule has 0 fully saturated rings. The molecule has 0 unspecified atom stereocenters. The number of nitrogens with two attached hydrogens (primary N) is 1. The van der Waals surface area contributed by atoms with Gasteiger partial charge in [0.1, 0.15) is 11.5 Å². The number of benzene rings is 2. The van der Waals surface area contributed by atoms with Crippen molar-refractivity contribution in [1.82, 2.24) is 0 Å². The minimum Gasteiger partial charge on any atom is -0.508 e. The third-order valence-corrected chi connectivity index (χ3v) is 2.50. The van der Waals surface area contributed by atoms with Crippen molar-refractivity contribution >= 4 is 5.69 Å². The van der Waals surface area contributed by atoms with Gasteiger partial charge in [0.2, 0.25) is 0 Å². The highest BCUT2D eigenvalue weighted by atomic mass is 16.3. The molecule has 0 aliphatic heterocycles. The predicted octanol–water partition coefficient (Wildman–Crippen LogP) is 2.27. The summed E-state index contributed by atoms with van der Waals surface area (Å²) in [7, 11) is 0. The van der Waals surface area contributed by atoms with Crippen LogP contribution >= 0.6 is 0 Å². The van der Waals surface area contributed by atoms with Gasteiger partial charge in [-0.25, -0.2) is 0 Å². The normalized spacial score (nSPS) is 10.2. The number of rotatable bonds is 2. The van der Waals surface area contributed by atoms with Gasteiger partial charge in [-0.2, -0.15) is 0 Å². The zero-order valence-electron chi connectivity index (χ0n) is 8.72. The highest BCUT2D eigenvalue weighted by molar-refractivity contribution is 5.58. The number of hydrogen-bond acceptors (Lipinski definition) is 3. The van der Waals surface area contributed by atoms with Crippen LogP contribution < -0.4 is 5.73 Å². The zero-order valence-corrected chi connectivity index (χ0v) is 8.72. The molecule has 0 aliphatic rings. The summed E-state index contributed by atoms with van der Waals surface area (Å²) in [6.45, 7) is 0. The second-order valence-electron chi connectivity index (χ2n) is 3.69. The lowest BCUT2D eigenvalue weighted by Gasteiger charge is -2.07. The second-order valence-corrected chi connectivity index (χ2v) is 3.69. The first-order valence-electron chi connectivity index (χ1n) is 5.01. The van der Waals surface area contributed by atoms with E-state index in [2.05, 4.69) is 0 Å². The van der Waals surface area contributed by atoms with E-state index in [4.69, 9.17) is 10.8 Å². The monoisotopic (exact) mass is 215 g/mol. The summed E-state index contributed by atoms with van der Waals surface area (Å²) in [6.07, 6.45) is 0.639. The van der Waals surface area contributed by atoms with Gasteiger partial charge < -0.3 is 15.9 Å². The topological polar surface area (TPSA) is 66.5 Å². The van der Waals surface area contributed by atoms with Crippen molar-refractivity contribution in [2.24, 2.45) is 0 Å². The van der Waals surface area contributed by atoms with Gasteiger partial charge in [0.05, 0.1) is 5.69 Å². The molecule has 3 nitrogen and oxygen atoms in total. The average Bonchev–Trinajstić information content (AvgIpc) is 2.28. The van der Waals surface area contributed by atoms with Crippen LogP contribution in [0, 0.1) is 0 Å². The van der Waals surface area contributed by atoms with Gasteiger partial charge in [-0.15, -0.1) is 0 Å². The molecule has 2 rings (SSSR count). The largest absolute Gasteiger partial charge is 0.508 e. The maximum absolute atomic E-state index is 9.46. The molecule has 0 saturated heterocycles. The van der Waals surface area contributed by atoms with Crippen LogP contribution in [0.15, 0.2) is 42.5 Å². The lowest BCUT2D eigenvalue weighted by Crippen LogP contribution is -1.95. The lowest BCUT2D eigenvalue weighted by atomic mass is 10.0. The Kier molecular flexibility index (Phi) is 2.68. The fraction of sp³-hybridized carbons (Fsp3) is 0.0769. The van der Waals surface area contributed by atoms with E-state index in [1.165, 1.54) is 0 Å². The molecule has 0 spiro atoms. The van der Waals surface area contributed by atoms with Gasteiger partial charge in [-0.1, -0.05) is 24.3 Å². The summed E-state index contributed by atoms with van der Waals surface area (Å²) >= 11 is 0. The summed E-state index contributed by atoms with van der Waals surface area (Å²) < 4.78 is 0. The molecule has 2 aromatic rings. The molecule has 4 N–H and O–H groups in total. The smallest absolute Gasteiger partial charge is 0.138 e. The van der Waals surface area contributed by atoms with Crippen LogP contribution in [0.1, 0.15) is 11.1 Å². The van der Waals surface area contributed by atoms with Crippen molar-refractivity contribution in [1.29, 1.82) is 0 Å². The van der Waals surface area contributed by atoms with Crippen LogP contribution in [0.25, 0.3) is 0 Å². The van der Waals surface area contributed by atoms with Crippen molar-refractivity contribution in [3.05, 3.63) is 53.6 Å². The first-order chi connectivity index (χ1) is 7.66. The SMILES string of the molecule is Nc1c(O)cccc1Cc1ccc(O)cc1. The van der Waals surface area contributed by atoms with Crippen LogP contribution in [0.2, 0.25) is 0 Å². The molecular weight excluding hydrogens is 202 g/mol. The van der Waals surface area contributed by atoms with E-state index in [0.29, 0.717) is 12.1 Å². The molecule has 0 bridgehead atoms. The van der Waals surface area contributed by atoms with E-state index in [0.717, 1.165) is 11.1 Å². The van der Waals surface area contributed by atoms with Crippen molar-refractivity contribution in [3.8, 4) is 11.5 Å². The van der Waals surface area contributed by atoms with E-state index >= 15 is 0 Å². The summed E-state index contributed by atoms with van der Waals surface area (Å²) in [6, 6.07) is 12.1. The Morgan fingerprint density at radius 1 is 0.938 bits per heavy atom. The van der Waals surface area contributed by atoms with E-state index in [-0.39, 0.29) is 11.5 Å². The zero-order chi connectivity index (χ0) is 11.5. The molecule has 0 aliphatic carbocycles. The second kappa shape index (κ2) is 4.14. The Bertz CT molecular complexity index is 492. The minimum atomic E-state index is 0.108. The molecule has 0 radical (unpaired) electrons. The number of para-hydroxylation sites is 1. The standard InChI is InChI=1S/C13H13NO2/c14-13-10(2-1-3-12(13)16)8-9-4-6-11(15)7-5-9/h1-7,15-16H,8,14H2. The van der Waals surface area contributed by atoms with Gasteiger partial charge in [0.15, 0.2) is 0 Å². The van der Waals surface area contributed by atoms with Crippen LogP contribution in [0.5, 0.6) is 11.5 Å². The molecule has 0 amide bonds. The van der Waals surface area contributed by atoms with E-state index in [1.54, 1.807) is 24.3 Å². The maximum atomic E-state index is 9.46. The third kappa shape index (κ3) is 2.08. The predicted molar refractivity (Wildman–Crippen MR) is 63.4 cm³/mol. The maximum Gasteiger partial charge on any atom is 0.138 e. The van der Waals surface area contributed by atoms with E-state index in [9.17, 15) is 5.11 Å². The Morgan fingerprint density at radius 2 is 1.62 bits per heavy atom. The molecule has 0 atom stereocenters. The Balaban J connectivity index is 2.27. The van der Waals surface area contributed by atoms with Gasteiger partial charge >= 0.3 is 0 Å². The van der Waals surface area contributed by atoms with Crippen LogP contribution in [-0.4, -0.2) is 10.2 Å². The number of aromatic hydroxyl groups is 2. The molecule has 0 heterocycles. The van der Waals surface area contributed by atoms with Crippen molar-refractivity contribution in [2.45, 2.75) is 6.42 Å². The third-order valence-electron chi connectivity index (χ3n) is 2.50. The highest BCUT2D eigenvalue weighted by Gasteiger charge is 2.04. The number of hydrogen-bond donors (Lipinski definition) is 3. The van der Waals surface area contributed by atoms with Crippen molar-refractivity contribution < 1.29 is 10.2 Å². The molecule has 3 heteroatoms. The summed E-state index contributed by atoms with van der Waals surface area (Å²) in [5.74, 6) is 0.351. The van der Waals surface area contributed by atoms with Crippen molar-refractivity contribution in [3.63, 3.8) is 0 Å². The molecule has 82 valence electrons. The van der Waals surface area contributed by atoms with E-state index < -0.39 is 0 Å². The summed E-state index contributed by atoms with van der Waals surface area (Å²) in [5.41, 5.74) is 8.09. The molecule has 0 aromatic heterocycles. The average molecular weight is 215 g/mol. The van der Waals surface area contributed by atoms with Crippen LogP contribution in [-0.2, 0) is 6.42 Å². The van der Waals surface area contributed by atoms with Gasteiger partial charge in [-0.3, -0.25) is 0 Å². The summed E-state index contributed by atoms with van der Waals surface area (Å²) in [5, 5.41) is 18.6. The fourth-order valence-electron chi connectivity index (χ4n) is 1.59. The Morgan fingerprint density at radius 3 is 2.31 bits per heavy atom. The minimum absolute atomic E-state index is 0.108. The number of anilines is 1. The molecule has 2 aromatic carbocycles. The first kappa shape index (κ1) is 10.4. The number of phenolic OH excluding ortho intramolecular Hbond substituents is 2. The molecule has 16 heavy (non-hydrogen) atoms. The molecular formula is C13H13NO2.